The number of halogens is 1. The van der Waals surface area contributed by atoms with Gasteiger partial charge in [0, 0.05) is 11.7 Å². The molecule has 1 aromatic carbocycles. The molecule has 2 atom stereocenters. The van der Waals surface area contributed by atoms with Crippen LogP contribution in [0.5, 0.6) is 0 Å². The Morgan fingerprint density at radius 2 is 1.86 bits per heavy atom. The van der Waals surface area contributed by atoms with Crippen LogP contribution in [0.1, 0.15) is 26.7 Å². The normalized spacial score (nSPS) is 26.4. The third-order valence-corrected chi connectivity index (χ3v) is 3.92. The Kier molecular flexibility index (Phi) is 4.73. The Labute approximate surface area is 124 Å². The van der Waals surface area contributed by atoms with Gasteiger partial charge in [0.15, 0.2) is 0 Å². The maximum absolute atomic E-state index is 13.6. The summed E-state index contributed by atoms with van der Waals surface area (Å²) in [5, 5.41) is 3.31. The highest BCUT2D eigenvalue weighted by Gasteiger charge is 2.24. The van der Waals surface area contributed by atoms with Crippen LogP contribution in [-0.4, -0.2) is 32.9 Å². The molecule has 2 unspecified atom stereocenters. The second-order valence-corrected chi connectivity index (χ2v) is 7.39. The Balaban J connectivity index is 2.12. The van der Waals surface area contributed by atoms with Crippen molar-refractivity contribution in [3.8, 4) is 0 Å². The molecule has 0 bridgehead atoms. The lowest BCUT2D eigenvalue weighted by Gasteiger charge is -2.33. The van der Waals surface area contributed by atoms with Gasteiger partial charge in [-0.1, -0.05) is 0 Å². The van der Waals surface area contributed by atoms with Crippen LogP contribution < -0.4 is 10.0 Å². The van der Waals surface area contributed by atoms with Crippen molar-refractivity contribution in [2.24, 2.45) is 0 Å². The number of hydrogen-bond donors (Lipinski definition) is 2. The molecule has 0 amide bonds. The highest BCUT2D eigenvalue weighted by Crippen LogP contribution is 2.25. The molecular weight excluding hydrogens is 295 g/mol. The van der Waals surface area contributed by atoms with Crippen LogP contribution in [0.15, 0.2) is 18.2 Å². The Morgan fingerprint density at radius 1 is 1.24 bits per heavy atom. The molecule has 7 heteroatoms. The molecule has 1 aliphatic heterocycles. The van der Waals surface area contributed by atoms with E-state index in [2.05, 4.69) is 10.0 Å². The summed E-state index contributed by atoms with van der Waals surface area (Å²) in [5.41, 5.74) is 0.643. The molecule has 1 fully saturated rings. The highest BCUT2D eigenvalue weighted by atomic mass is 32.2. The van der Waals surface area contributed by atoms with Gasteiger partial charge in [-0.25, -0.2) is 12.8 Å². The van der Waals surface area contributed by atoms with E-state index in [1.54, 1.807) is 6.07 Å². The fourth-order valence-electron chi connectivity index (χ4n) is 2.65. The molecule has 0 aliphatic carbocycles. The predicted octanol–water partition coefficient (Wildman–Crippen LogP) is 2.57. The minimum atomic E-state index is -3.50. The van der Waals surface area contributed by atoms with E-state index >= 15 is 0 Å². The van der Waals surface area contributed by atoms with Gasteiger partial charge in [0.05, 0.1) is 24.2 Å². The van der Waals surface area contributed by atoms with E-state index in [9.17, 15) is 12.8 Å². The Bertz CT molecular complexity index is 596. The molecule has 118 valence electrons. The zero-order valence-electron chi connectivity index (χ0n) is 12.4. The van der Waals surface area contributed by atoms with Gasteiger partial charge in [-0.2, -0.15) is 0 Å². The third-order valence-electron chi connectivity index (χ3n) is 3.33. The quantitative estimate of drug-likeness (QED) is 0.896. The summed E-state index contributed by atoms with van der Waals surface area (Å²) in [6, 6.07) is 4.55. The molecule has 2 rings (SSSR count). The molecule has 5 nitrogen and oxygen atoms in total. The van der Waals surface area contributed by atoms with E-state index in [-0.39, 0.29) is 23.9 Å². The standard InChI is InChI=1S/C14H21FN2O3S/c1-9-6-12(7-10(2)20-9)16-11-4-5-13(15)14(8-11)17-21(3,18)19/h4-5,8-10,12,16-17H,6-7H2,1-3H3. The highest BCUT2D eigenvalue weighted by molar-refractivity contribution is 7.92. The van der Waals surface area contributed by atoms with Crippen LogP contribution in [0.3, 0.4) is 0 Å². The monoisotopic (exact) mass is 316 g/mol. The van der Waals surface area contributed by atoms with E-state index < -0.39 is 15.8 Å². The van der Waals surface area contributed by atoms with E-state index in [0.717, 1.165) is 19.1 Å². The first-order valence-electron chi connectivity index (χ1n) is 6.92. The number of ether oxygens (including phenoxy) is 1. The molecule has 1 saturated heterocycles. The molecule has 0 aromatic heterocycles. The van der Waals surface area contributed by atoms with Crippen LogP contribution in [0.4, 0.5) is 15.8 Å². The number of hydrogen-bond acceptors (Lipinski definition) is 4. The number of sulfonamides is 1. The molecule has 0 radical (unpaired) electrons. The van der Waals surface area contributed by atoms with Crippen molar-refractivity contribution in [1.29, 1.82) is 0 Å². The lowest BCUT2D eigenvalue weighted by Crippen LogP contribution is -2.36. The van der Waals surface area contributed by atoms with Crippen LogP contribution in [0, 0.1) is 5.82 Å². The van der Waals surface area contributed by atoms with Gasteiger partial charge >= 0.3 is 0 Å². The van der Waals surface area contributed by atoms with Gasteiger partial charge in [-0.05, 0) is 44.9 Å². The summed E-state index contributed by atoms with van der Waals surface area (Å²) in [6.07, 6.45) is 3.04. The van der Waals surface area contributed by atoms with E-state index in [4.69, 9.17) is 4.74 Å². The van der Waals surface area contributed by atoms with Gasteiger partial charge in [0.2, 0.25) is 10.0 Å². The fourth-order valence-corrected chi connectivity index (χ4v) is 3.21. The molecule has 21 heavy (non-hydrogen) atoms. The first-order valence-corrected chi connectivity index (χ1v) is 8.81. The summed E-state index contributed by atoms with van der Waals surface area (Å²) in [7, 11) is -3.50. The number of nitrogens with one attached hydrogen (secondary N) is 2. The first-order chi connectivity index (χ1) is 9.73. The second-order valence-electron chi connectivity index (χ2n) is 5.64. The van der Waals surface area contributed by atoms with Crippen LogP contribution in [-0.2, 0) is 14.8 Å². The van der Waals surface area contributed by atoms with E-state index in [0.29, 0.717) is 5.69 Å². The summed E-state index contributed by atoms with van der Waals surface area (Å²) in [5.74, 6) is -0.598. The zero-order valence-corrected chi connectivity index (χ0v) is 13.2. The number of rotatable bonds is 4. The summed E-state index contributed by atoms with van der Waals surface area (Å²) < 4.78 is 43.9. The molecule has 0 saturated carbocycles. The molecule has 1 aliphatic rings. The predicted molar refractivity (Wildman–Crippen MR) is 81.5 cm³/mol. The minimum Gasteiger partial charge on any atom is -0.382 e. The maximum atomic E-state index is 13.6. The number of anilines is 2. The average Bonchev–Trinajstić information content (AvgIpc) is 2.30. The van der Waals surface area contributed by atoms with Gasteiger partial charge in [0.25, 0.3) is 0 Å². The van der Waals surface area contributed by atoms with Gasteiger partial charge in [-0.3, -0.25) is 4.72 Å². The molecule has 0 spiro atoms. The average molecular weight is 316 g/mol. The summed E-state index contributed by atoms with van der Waals surface area (Å²) >= 11 is 0. The molecule has 2 N–H and O–H groups in total. The fraction of sp³-hybridized carbons (Fsp3) is 0.571. The third kappa shape index (κ3) is 4.86. The molecular formula is C14H21FN2O3S. The molecule has 1 aromatic rings. The minimum absolute atomic E-state index is 0.0457. The maximum Gasteiger partial charge on any atom is 0.229 e. The van der Waals surface area contributed by atoms with Crippen molar-refractivity contribution in [3.05, 3.63) is 24.0 Å². The van der Waals surface area contributed by atoms with Crippen molar-refractivity contribution in [2.75, 3.05) is 16.3 Å². The Hall–Kier alpha value is -1.34. The Morgan fingerprint density at radius 3 is 2.43 bits per heavy atom. The topological polar surface area (TPSA) is 67.4 Å². The molecule has 1 heterocycles. The van der Waals surface area contributed by atoms with Crippen LogP contribution >= 0.6 is 0 Å². The second kappa shape index (κ2) is 6.19. The lowest BCUT2D eigenvalue weighted by molar-refractivity contribution is -0.0337. The van der Waals surface area contributed by atoms with E-state index in [1.807, 2.05) is 13.8 Å². The summed E-state index contributed by atoms with van der Waals surface area (Å²) in [4.78, 5) is 0. The van der Waals surface area contributed by atoms with Crippen molar-refractivity contribution >= 4 is 21.4 Å². The number of benzene rings is 1. The smallest absolute Gasteiger partial charge is 0.229 e. The van der Waals surface area contributed by atoms with Crippen molar-refractivity contribution in [1.82, 2.24) is 0 Å². The van der Waals surface area contributed by atoms with Crippen molar-refractivity contribution in [2.45, 2.75) is 44.9 Å². The first kappa shape index (κ1) is 16.0. The van der Waals surface area contributed by atoms with Gasteiger partial charge in [-0.15, -0.1) is 0 Å². The van der Waals surface area contributed by atoms with Crippen LogP contribution in [0.25, 0.3) is 0 Å². The van der Waals surface area contributed by atoms with Crippen molar-refractivity contribution < 1.29 is 17.5 Å². The van der Waals surface area contributed by atoms with Gasteiger partial charge in [0.1, 0.15) is 5.82 Å². The van der Waals surface area contributed by atoms with Crippen molar-refractivity contribution in [3.63, 3.8) is 0 Å². The summed E-state index contributed by atoms with van der Waals surface area (Å²) in [6.45, 7) is 4.04. The lowest BCUT2D eigenvalue weighted by atomic mass is 9.99. The SMILES string of the molecule is CC1CC(Nc2ccc(F)c(NS(C)(=O)=O)c2)CC(C)O1. The van der Waals surface area contributed by atoms with Crippen LogP contribution in [0.2, 0.25) is 0 Å². The zero-order chi connectivity index (χ0) is 15.6. The largest absolute Gasteiger partial charge is 0.382 e. The van der Waals surface area contributed by atoms with E-state index in [1.165, 1.54) is 12.1 Å². The van der Waals surface area contributed by atoms with Gasteiger partial charge < -0.3 is 10.1 Å².